The molecule has 0 heterocycles. The Morgan fingerprint density at radius 2 is 1.17 bits per heavy atom. The van der Waals surface area contributed by atoms with Crippen LogP contribution in [0.5, 0.6) is 0 Å². The molecule has 0 saturated carbocycles. The largest absolute Gasteiger partial charge is 1.00 e. The van der Waals surface area contributed by atoms with Crippen molar-refractivity contribution in [2.45, 2.75) is 0 Å². The number of hydrogen-bond donors (Lipinski definition) is 0. The van der Waals surface area contributed by atoms with Crippen molar-refractivity contribution in [2.24, 2.45) is 0 Å². The molecular formula is C3H3BNNa3O4. The Morgan fingerprint density at radius 1 is 1.08 bits per heavy atom. The maximum absolute atomic E-state index is 8.93. The van der Waals surface area contributed by atoms with Crippen LogP contribution in [0.2, 0.25) is 0 Å². The molecule has 0 fully saturated rings. The molecule has 0 aliphatic carbocycles. The van der Waals surface area contributed by atoms with E-state index in [9.17, 15) is 0 Å². The fraction of sp³-hybridized carbons (Fsp3) is 0. The van der Waals surface area contributed by atoms with Crippen LogP contribution in [0, 0.1) is 11.2 Å². The van der Waals surface area contributed by atoms with Gasteiger partial charge < -0.3 is 19.8 Å². The molecule has 0 bridgehead atoms. The van der Waals surface area contributed by atoms with Gasteiger partial charge >= 0.3 is 88.7 Å². The van der Waals surface area contributed by atoms with E-state index >= 15 is 0 Å². The van der Waals surface area contributed by atoms with Crippen molar-refractivity contribution in [3.63, 3.8) is 0 Å². The van der Waals surface area contributed by atoms with Crippen LogP contribution in [0.4, 0.5) is 0 Å². The molecule has 0 atom stereocenters. The summed E-state index contributed by atoms with van der Waals surface area (Å²) in [6.45, 7) is 0. The van der Waals surface area contributed by atoms with Crippen LogP contribution in [0.3, 0.4) is 0 Å². The second-order valence-corrected chi connectivity index (χ2v) is 0.575. The zero-order chi connectivity index (χ0) is 7.86. The Morgan fingerprint density at radius 3 is 1.17 bits per heavy atom. The zero-order valence-corrected chi connectivity index (χ0v) is 12.6. The molecule has 0 aromatic rings. The van der Waals surface area contributed by atoms with Gasteiger partial charge in [0.15, 0.2) is 0 Å². The molecule has 9 heteroatoms. The number of carboxylic acids is 2. The number of aliphatic carboxylic acids is 2. The number of nitriles is 1. The van der Waals surface area contributed by atoms with Crippen molar-refractivity contribution >= 4 is 19.8 Å². The molecule has 12 heavy (non-hydrogen) atoms. The first-order chi connectivity index (χ1) is 4.06. The number of carbonyl (C=O) groups is 2. The summed E-state index contributed by atoms with van der Waals surface area (Å²) >= 11 is 0. The molecular weight excluding hydrogens is 194 g/mol. The maximum atomic E-state index is 8.93. The van der Waals surface area contributed by atoms with Gasteiger partial charge in [-0.1, -0.05) is 0 Å². The van der Waals surface area contributed by atoms with E-state index in [-0.39, 0.29) is 96.5 Å². The molecule has 0 amide bonds. The quantitative estimate of drug-likeness (QED) is 0.283. The number of hydrogen-bond acceptors (Lipinski definition) is 5. The monoisotopic (exact) mass is 197 g/mol. The molecule has 0 aliphatic rings. The Hall–Kier alpha value is 1.49. The number of rotatable bonds is 0. The minimum absolute atomic E-state index is 0. The van der Waals surface area contributed by atoms with E-state index in [0.29, 0.717) is 0 Å². The first-order valence-electron chi connectivity index (χ1n) is 1.29. The van der Waals surface area contributed by atoms with E-state index in [4.69, 9.17) is 25.1 Å². The maximum Gasteiger partial charge on any atom is 1.00 e. The van der Waals surface area contributed by atoms with Gasteiger partial charge in [0, 0.05) is 0 Å². The first-order valence-corrected chi connectivity index (χ1v) is 1.29. The Bertz CT molecular complexity index is 146. The average molecular weight is 197 g/mol. The third-order valence-corrected chi connectivity index (χ3v) is 0.167. The predicted octanol–water partition coefficient (Wildman–Crippen LogP) is -13.7. The second kappa shape index (κ2) is 22.9. The summed E-state index contributed by atoms with van der Waals surface area (Å²) in [4.78, 5) is 17.9. The van der Waals surface area contributed by atoms with Crippen molar-refractivity contribution in [2.75, 3.05) is 0 Å². The van der Waals surface area contributed by atoms with Gasteiger partial charge in [0.2, 0.25) is 0 Å². The van der Waals surface area contributed by atoms with Crippen molar-refractivity contribution in [1.82, 2.24) is 0 Å². The molecule has 0 N–H and O–H groups in total. The number of carbonyl (C=O) groups excluding carboxylic acids is 2. The second-order valence-electron chi connectivity index (χ2n) is 0.575. The number of carboxylic acid groups (broad SMARTS) is 2. The van der Waals surface area contributed by atoms with E-state index < -0.39 is 11.9 Å². The smallest absolute Gasteiger partial charge is 0.543 e. The van der Waals surface area contributed by atoms with Crippen molar-refractivity contribution in [3.8, 4) is 5.97 Å². The third kappa shape index (κ3) is 41.9. The Kier molecular flexibility index (Phi) is 55.7. The van der Waals surface area contributed by atoms with E-state index in [1.165, 1.54) is 0 Å². The van der Waals surface area contributed by atoms with Gasteiger partial charge in [0.1, 0.15) is 0 Å². The van der Waals surface area contributed by atoms with Crippen molar-refractivity contribution < 1.29 is 108 Å². The molecule has 0 spiro atoms. The molecule has 0 aromatic carbocycles. The summed E-state index contributed by atoms with van der Waals surface area (Å²) in [7, 11) is 0.0694. The topological polar surface area (TPSA) is 104 Å². The van der Waals surface area contributed by atoms with Crippen LogP contribution >= 0.6 is 0 Å². The van der Waals surface area contributed by atoms with Gasteiger partial charge in [0.25, 0.3) is 0 Å². The van der Waals surface area contributed by atoms with Crippen LogP contribution in [-0.2, 0) is 9.59 Å². The van der Waals surface area contributed by atoms with Crippen LogP contribution in [-0.4, -0.2) is 19.8 Å². The molecule has 0 aromatic heterocycles. The third-order valence-electron chi connectivity index (χ3n) is 0.167. The van der Waals surface area contributed by atoms with Crippen LogP contribution in [0.15, 0.2) is 0 Å². The molecule has 0 saturated heterocycles. The molecule has 0 radical (unpaired) electrons. The summed E-state index contributed by atoms with van der Waals surface area (Å²) < 4.78 is 0. The fourth-order valence-electron chi connectivity index (χ4n) is 0. The normalized spacial score (nSPS) is 4.33. The summed E-state index contributed by atoms with van der Waals surface area (Å²) in [6.07, 6.45) is 0. The fourth-order valence-corrected chi connectivity index (χ4v) is 0. The molecule has 0 aliphatic heterocycles. The Balaban J connectivity index is -0.0000000246. The van der Waals surface area contributed by atoms with Gasteiger partial charge in [-0.15, -0.1) is 0 Å². The van der Waals surface area contributed by atoms with Gasteiger partial charge in [-0.25, -0.2) is 0 Å². The molecule has 0 rings (SSSR count). The van der Waals surface area contributed by atoms with Gasteiger partial charge in [-0.05, 0) is 0 Å². The van der Waals surface area contributed by atoms with Gasteiger partial charge in [-0.3, -0.25) is 5.26 Å². The van der Waals surface area contributed by atoms with Gasteiger partial charge in [0.05, 0.1) is 19.8 Å². The van der Waals surface area contributed by atoms with E-state index in [2.05, 4.69) is 0 Å². The Labute approximate surface area is 137 Å². The van der Waals surface area contributed by atoms with Gasteiger partial charge in [-0.2, -0.15) is 5.97 Å². The van der Waals surface area contributed by atoms with E-state index in [1.54, 1.807) is 0 Å². The van der Waals surface area contributed by atoms with Crippen LogP contribution in [0.25, 0.3) is 0 Å². The molecule has 5 nitrogen and oxygen atoms in total. The van der Waals surface area contributed by atoms with Crippen LogP contribution in [0.1, 0.15) is 0 Å². The van der Waals surface area contributed by atoms with E-state index in [0.717, 1.165) is 0 Å². The molecule has 0 unspecified atom stereocenters. The standard InChI is InChI=1S/C2H2O4.CH3BN.3Na/c3-1(4)2(5)6;2-1-3;;;/h(H,3,4)(H,5,6);2H3;;;/q;-1;3*+1/p-2. The minimum atomic E-state index is -2.19. The SMILES string of the molecule is O=C([O-])C(=O)[O-].[BH3-]C#N.[Na+].[Na+].[Na+]. The van der Waals surface area contributed by atoms with Crippen LogP contribution < -0.4 is 98.9 Å². The minimum Gasteiger partial charge on any atom is -0.543 e. The summed E-state index contributed by atoms with van der Waals surface area (Å²) in [5.74, 6) is -2.37. The van der Waals surface area contributed by atoms with Crippen molar-refractivity contribution in [1.29, 1.82) is 5.26 Å². The molecule has 50 valence electrons. The zero-order valence-electron chi connectivity index (χ0n) is 6.58. The summed E-state index contributed by atoms with van der Waals surface area (Å²) in [6, 6.07) is 0. The van der Waals surface area contributed by atoms with Crippen molar-refractivity contribution in [3.05, 3.63) is 0 Å². The summed E-state index contributed by atoms with van der Waals surface area (Å²) in [5.41, 5.74) is 0. The summed E-state index contributed by atoms with van der Waals surface area (Å²) in [5, 5.41) is 25.3. The van der Waals surface area contributed by atoms with E-state index in [1.807, 2.05) is 5.97 Å². The average Bonchev–Trinajstić information content (AvgIpc) is 1.68. The first kappa shape index (κ1) is 29.2. The number of nitrogens with zero attached hydrogens (tertiary/aromatic N) is 1. The predicted molar refractivity (Wildman–Crippen MR) is 25.6 cm³/mol.